The van der Waals surface area contributed by atoms with Crippen LogP contribution in [0.25, 0.3) is 0 Å². The number of nitrogens with zero attached hydrogens (tertiary/aromatic N) is 1. The molecule has 106 valence electrons. The van der Waals surface area contributed by atoms with Crippen molar-refractivity contribution in [2.45, 2.75) is 18.2 Å². The molecule has 0 amide bonds. The quantitative estimate of drug-likeness (QED) is 0.484. The highest BCUT2D eigenvalue weighted by molar-refractivity contribution is 7.92. The molecule has 1 aromatic heterocycles. The average Bonchev–Trinajstić information content (AvgIpc) is 2.78. The number of aryl methyl sites for hydroxylation is 1. The molecule has 0 saturated carbocycles. The van der Waals surface area contributed by atoms with E-state index >= 15 is 0 Å². The second kappa shape index (κ2) is 5.33. The van der Waals surface area contributed by atoms with Crippen LogP contribution in [-0.2, 0) is 16.4 Å². The normalized spacial score (nSPS) is 11.2. The molecule has 20 heavy (non-hydrogen) atoms. The van der Waals surface area contributed by atoms with Gasteiger partial charge in [-0.2, -0.15) is 5.10 Å². The summed E-state index contributed by atoms with van der Waals surface area (Å²) in [6, 6.07) is 6.71. The number of sulfonamides is 1. The van der Waals surface area contributed by atoms with Crippen molar-refractivity contribution < 1.29 is 8.42 Å². The van der Waals surface area contributed by atoms with E-state index in [-0.39, 0.29) is 10.7 Å². The van der Waals surface area contributed by atoms with E-state index in [9.17, 15) is 8.42 Å². The second-order valence-electron chi connectivity index (χ2n) is 4.36. The van der Waals surface area contributed by atoms with Crippen molar-refractivity contribution in [1.29, 1.82) is 5.41 Å². The first-order chi connectivity index (χ1) is 9.38. The zero-order valence-electron chi connectivity index (χ0n) is 10.8. The van der Waals surface area contributed by atoms with Crippen molar-refractivity contribution in [1.82, 2.24) is 10.2 Å². The molecule has 2 rings (SSSR count). The van der Waals surface area contributed by atoms with Crippen molar-refractivity contribution in [2.75, 3.05) is 4.72 Å². The van der Waals surface area contributed by atoms with Gasteiger partial charge >= 0.3 is 0 Å². The van der Waals surface area contributed by atoms with Crippen LogP contribution in [0.2, 0.25) is 0 Å². The third-order valence-corrected chi connectivity index (χ3v) is 4.17. The average molecular weight is 293 g/mol. The Hall–Kier alpha value is -2.35. The lowest BCUT2D eigenvalue weighted by Crippen LogP contribution is -2.14. The largest absolute Gasteiger partial charge is 0.387 e. The zero-order valence-corrected chi connectivity index (χ0v) is 11.7. The van der Waals surface area contributed by atoms with Crippen LogP contribution < -0.4 is 10.5 Å². The van der Waals surface area contributed by atoms with Crippen LogP contribution in [-0.4, -0.2) is 24.5 Å². The van der Waals surface area contributed by atoms with E-state index in [1.54, 1.807) is 31.2 Å². The Bertz CT molecular complexity index is 719. The summed E-state index contributed by atoms with van der Waals surface area (Å²) in [5.41, 5.74) is 7.07. The Morgan fingerprint density at radius 2 is 2.05 bits per heavy atom. The van der Waals surface area contributed by atoms with Crippen LogP contribution in [0.15, 0.2) is 35.4 Å². The molecule has 1 aromatic carbocycles. The predicted molar refractivity (Wildman–Crippen MR) is 76.2 cm³/mol. The molecule has 0 fully saturated rings. The molecule has 0 atom stereocenters. The maximum Gasteiger partial charge on any atom is 0.265 e. The molecule has 0 aliphatic carbocycles. The SMILES string of the molecule is Cc1[nH]ncc1S(=O)(=O)Nc1ccc(CC(=N)N)cc1. The first kappa shape index (κ1) is 14.1. The molecule has 0 aliphatic heterocycles. The number of benzene rings is 1. The number of anilines is 1. The van der Waals surface area contributed by atoms with Crippen LogP contribution in [0, 0.1) is 12.3 Å². The summed E-state index contributed by atoms with van der Waals surface area (Å²) in [4.78, 5) is 0.116. The van der Waals surface area contributed by atoms with E-state index in [0.717, 1.165) is 5.56 Å². The van der Waals surface area contributed by atoms with Gasteiger partial charge in [-0.3, -0.25) is 15.2 Å². The molecule has 0 saturated heterocycles. The molecule has 0 bridgehead atoms. The first-order valence-electron chi connectivity index (χ1n) is 5.83. The summed E-state index contributed by atoms with van der Waals surface area (Å²) in [5.74, 6) is 0.0624. The molecule has 2 aromatic rings. The van der Waals surface area contributed by atoms with Crippen LogP contribution in [0.4, 0.5) is 5.69 Å². The standard InChI is InChI=1S/C12H15N5O2S/c1-8-11(7-15-16-8)20(18,19)17-10-4-2-9(3-5-10)6-12(13)14/h2-5,7,17H,6H2,1H3,(H3,13,14)(H,15,16). The van der Waals surface area contributed by atoms with Crippen LogP contribution in [0.1, 0.15) is 11.3 Å². The highest BCUT2D eigenvalue weighted by atomic mass is 32.2. The molecular formula is C12H15N5O2S. The maximum absolute atomic E-state index is 12.1. The summed E-state index contributed by atoms with van der Waals surface area (Å²) in [6.45, 7) is 1.64. The van der Waals surface area contributed by atoms with E-state index < -0.39 is 10.0 Å². The number of aromatic nitrogens is 2. The van der Waals surface area contributed by atoms with Gasteiger partial charge in [0.15, 0.2) is 0 Å². The van der Waals surface area contributed by atoms with Crippen molar-refractivity contribution in [3.05, 3.63) is 41.7 Å². The van der Waals surface area contributed by atoms with E-state index in [1.807, 2.05) is 0 Å². The topological polar surface area (TPSA) is 125 Å². The minimum absolute atomic E-state index is 0.0624. The van der Waals surface area contributed by atoms with Gasteiger partial charge in [0.05, 0.1) is 17.7 Å². The highest BCUT2D eigenvalue weighted by Gasteiger charge is 2.18. The second-order valence-corrected chi connectivity index (χ2v) is 6.01. The van der Waals surface area contributed by atoms with Crippen molar-refractivity contribution in [3.8, 4) is 0 Å². The van der Waals surface area contributed by atoms with Gasteiger partial charge in [0.1, 0.15) is 4.90 Å². The molecule has 5 N–H and O–H groups in total. The minimum atomic E-state index is -3.65. The first-order valence-corrected chi connectivity index (χ1v) is 7.31. The van der Waals surface area contributed by atoms with Gasteiger partial charge < -0.3 is 5.73 Å². The third kappa shape index (κ3) is 3.15. The number of aromatic amines is 1. The Kier molecular flexibility index (Phi) is 3.75. The lowest BCUT2D eigenvalue weighted by Gasteiger charge is -2.08. The summed E-state index contributed by atoms with van der Waals surface area (Å²) in [5, 5.41) is 13.5. The fraction of sp³-hybridized carbons (Fsp3) is 0.167. The minimum Gasteiger partial charge on any atom is -0.387 e. The lowest BCUT2D eigenvalue weighted by atomic mass is 10.1. The summed E-state index contributed by atoms with van der Waals surface area (Å²) in [7, 11) is -3.65. The van der Waals surface area contributed by atoms with Gasteiger partial charge in [-0.05, 0) is 24.6 Å². The van der Waals surface area contributed by atoms with Gasteiger partial charge in [0.2, 0.25) is 0 Å². The number of nitrogens with two attached hydrogens (primary N) is 1. The molecule has 8 heteroatoms. The predicted octanol–water partition coefficient (Wildman–Crippen LogP) is 0.997. The summed E-state index contributed by atoms with van der Waals surface area (Å²) in [6.07, 6.45) is 1.61. The molecule has 1 heterocycles. The number of H-pyrrole nitrogens is 1. The number of amidine groups is 1. The van der Waals surface area contributed by atoms with Gasteiger partial charge in [-0.25, -0.2) is 8.42 Å². The smallest absolute Gasteiger partial charge is 0.265 e. The number of rotatable bonds is 5. The molecular weight excluding hydrogens is 278 g/mol. The summed E-state index contributed by atoms with van der Waals surface area (Å²) < 4.78 is 26.7. The Morgan fingerprint density at radius 1 is 1.40 bits per heavy atom. The molecule has 0 radical (unpaired) electrons. The fourth-order valence-electron chi connectivity index (χ4n) is 1.73. The molecule has 0 unspecified atom stereocenters. The van der Waals surface area contributed by atoms with Crippen molar-refractivity contribution in [2.24, 2.45) is 5.73 Å². The molecule has 0 spiro atoms. The maximum atomic E-state index is 12.1. The summed E-state index contributed by atoms with van der Waals surface area (Å²) >= 11 is 0. The fourth-order valence-corrected chi connectivity index (χ4v) is 2.93. The van der Waals surface area contributed by atoms with Gasteiger partial charge in [0.25, 0.3) is 10.0 Å². The van der Waals surface area contributed by atoms with E-state index in [2.05, 4.69) is 14.9 Å². The van der Waals surface area contributed by atoms with Crippen molar-refractivity contribution in [3.63, 3.8) is 0 Å². The zero-order chi connectivity index (χ0) is 14.8. The van der Waals surface area contributed by atoms with Gasteiger partial charge in [-0.15, -0.1) is 0 Å². The van der Waals surface area contributed by atoms with Crippen LogP contribution >= 0.6 is 0 Å². The van der Waals surface area contributed by atoms with E-state index in [0.29, 0.717) is 17.8 Å². The van der Waals surface area contributed by atoms with E-state index in [1.165, 1.54) is 6.20 Å². The Balaban J connectivity index is 2.18. The number of hydrogen-bond acceptors (Lipinski definition) is 4. The van der Waals surface area contributed by atoms with Gasteiger partial charge in [0, 0.05) is 12.1 Å². The van der Waals surface area contributed by atoms with E-state index in [4.69, 9.17) is 11.1 Å². The third-order valence-electron chi connectivity index (χ3n) is 2.67. The van der Waals surface area contributed by atoms with Crippen molar-refractivity contribution >= 4 is 21.5 Å². The molecule has 7 nitrogen and oxygen atoms in total. The number of nitrogens with one attached hydrogen (secondary N) is 3. The number of hydrogen-bond donors (Lipinski definition) is 4. The molecule has 0 aliphatic rings. The van der Waals surface area contributed by atoms with Gasteiger partial charge in [-0.1, -0.05) is 12.1 Å². The highest BCUT2D eigenvalue weighted by Crippen LogP contribution is 2.18. The lowest BCUT2D eigenvalue weighted by molar-refractivity contribution is 0.600. The Labute approximate surface area is 116 Å². The van der Waals surface area contributed by atoms with Crippen LogP contribution in [0.5, 0.6) is 0 Å². The monoisotopic (exact) mass is 293 g/mol. The Morgan fingerprint density at radius 3 is 2.55 bits per heavy atom. The van der Waals surface area contributed by atoms with Crippen LogP contribution in [0.3, 0.4) is 0 Å².